The van der Waals surface area contributed by atoms with Crippen LogP contribution in [0.4, 0.5) is 10.3 Å². The van der Waals surface area contributed by atoms with E-state index in [-0.39, 0.29) is 23.9 Å². The van der Waals surface area contributed by atoms with Crippen LogP contribution in [0.25, 0.3) is 11.0 Å². The van der Waals surface area contributed by atoms with Crippen molar-refractivity contribution in [3.63, 3.8) is 0 Å². The average molecular weight is 467 g/mol. The molecule has 3 aliphatic rings. The van der Waals surface area contributed by atoms with Crippen LogP contribution < -0.4 is 5.32 Å². The summed E-state index contributed by atoms with van der Waals surface area (Å²) in [7, 11) is 0.476. The van der Waals surface area contributed by atoms with E-state index in [1.165, 1.54) is 4.31 Å². The molecule has 2 aromatic heterocycles. The number of sulfonamides is 1. The van der Waals surface area contributed by atoms with Crippen molar-refractivity contribution >= 4 is 27.0 Å². The largest absolute Gasteiger partial charge is 0.378 e. The van der Waals surface area contributed by atoms with Crippen molar-refractivity contribution < 1.29 is 17.5 Å². The highest BCUT2D eigenvalue weighted by Crippen LogP contribution is 2.33. The molecule has 1 aliphatic carbocycles. The van der Waals surface area contributed by atoms with Crippen LogP contribution >= 0.6 is 0 Å². The summed E-state index contributed by atoms with van der Waals surface area (Å²) < 4.78 is 49.0. The van der Waals surface area contributed by atoms with Gasteiger partial charge in [0, 0.05) is 51.1 Å². The molecule has 176 valence electrons. The number of hydrogen-bond donors (Lipinski definition) is 1. The topological polar surface area (TPSA) is 92.6 Å². The van der Waals surface area contributed by atoms with Crippen LogP contribution in [0, 0.1) is 0 Å². The fourth-order valence-corrected chi connectivity index (χ4v) is 6.76. The number of ether oxygens (including phenoxy) is 1. The molecule has 0 amide bonds. The maximum absolute atomic E-state index is 14.9. The quantitative estimate of drug-likeness (QED) is 0.692. The van der Waals surface area contributed by atoms with Crippen LogP contribution in [0.5, 0.6) is 0 Å². The first-order chi connectivity index (χ1) is 15.4. The van der Waals surface area contributed by atoms with E-state index in [0.29, 0.717) is 31.8 Å². The lowest BCUT2D eigenvalue weighted by Crippen LogP contribution is -2.50. The van der Waals surface area contributed by atoms with Crippen molar-refractivity contribution in [1.82, 2.24) is 23.7 Å². The Morgan fingerprint density at radius 1 is 1.19 bits per heavy atom. The van der Waals surface area contributed by atoms with Crippen LogP contribution in [0.3, 0.4) is 0 Å². The SMILES string of the molecule is CO[C@H]1CN(C)CC[C@@H]1n1ccc2cnc(N[C@@H]3CCN(S(=O)(=O)C4CC4)C[C@H]3F)nc21. The molecule has 2 aromatic rings. The number of hydrogen-bond acceptors (Lipinski definition) is 7. The second kappa shape index (κ2) is 8.51. The molecular weight excluding hydrogens is 435 g/mol. The van der Waals surface area contributed by atoms with E-state index in [9.17, 15) is 12.8 Å². The maximum atomic E-state index is 14.9. The summed E-state index contributed by atoms with van der Waals surface area (Å²) >= 11 is 0. The third-order valence-corrected chi connectivity index (χ3v) is 9.33. The molecule has 2 aliphatic heterocycles. The first-order valence-electron chi connectivity index (χ1n) is 11.3. The van der Waals surface area contributed by atoms with Gasteiger partial charge in [0.1, 0.15) is 11.8 Å². The van der Waals surface area contributed by atoms with Crippen LogP contribution in [-0.2, 0) is 14.8 Å². The monoisotopic (exact) mass is 466 g/mol. The number of methoxy groups -OCH3 is 1. The second-order valence-corrected chi connectivity index (χ2v) is 11.5. The van der Waals surface area contributed by atoms with E-state index >= 15 is 0 Å². The minimum absolute atomic E-state index is 0.0590. The normalized spacial score (nSPS) is 30.6. The number of fused-ring (bicyclic) bond motifs is 1. The van der Waals surface area contributed by atoms with Crippen molar-refractivity contribution in [3.05, 3.63) is 18.5 Å². The number of likely N-dealkylation sites (N-methyl/N-ethyl adjacent to an activating group) is 1. The highest BCUT2D eigenvalue weighted by Gasteiger charge is 2.43. The number of rotatable bonds is 6. The highest BCUT2D eigenvalue weighted by atomic mass is 32.2. The molecule has 0 aromatic carbocycles. The number of nitrogens with zero attached hydrogens (tertiary/aromatic N) is 5. The lowest BCUT2D eigenvalue weighted by molar-refractivity contribution is 0.00316. The smallest absolute Gasteiger partial charge is 0.224 e. The van der Waals surface area contributed by atoms with E-state index in [2.05, 4.69) is 26.8 Å². The Bertz CT molecular complexity index is 1070. The zero-order valence-corrected chi connectivity index (χ0v) is 19.3. The lowest BCUT2D eigenvalue weighted by Gasteiger charge is -2.36. The van der Waals surface area contributed by atoms with Crippen LogP contribution in [0.15, 0.2) is 18.5 Å². The van der Waals surface area contributed by atoms with Gasteiger partial charge in [0.2, 0.25) is 16.0 Å². The van der Waals surface area contributed by atoms with Gasteiger partial charge in [0.15, 0.2) is 0 Å². The van der Waals surface area contributed by atoms with Crippen molar-refractivity contribution in [2.45, 2.75) is 55.3 Å². The van der Waals surface area contributed by atoms with E-state index in [0.717, 1.165) is 30.5 Å². The fourth-order valence-electron chi connectivity index (χ4n) is 4.90. The number of piperidine rings is 2. The second-order valence-electron chi connectivity index (χ2n) is 9.25. The predicted molar refractivity (Wildman–Crippen MR) is 120 cm³/mol. The van der Waals surface area contributed by atoms with Gasteiger partial charge in [-0.1, -0.05) is 0 Å². The fraction of sp³-hybridized carbons (Fsp3) is 0.714. The van der Waals surface area contributed by atoms with Gasteiger partial charge < -0.3 is 19.5 Å². The molecule has 0 bridgehead atoms. The average Bonchev–Trinajstić information content (AvgIpc) is 3.56. The summed E-state index contributed by atoms with van der Waals surface area (Å²) in [5, 5.41) is 3.73. The van der Waals surface area contributed by atoms with Crippen LogP contribution in [0.2, 0.25) is 0 Å². The Morgan fingerprint density at radius 2 is 2.00 bits per heavy atom. The first-order valence-corrected chi connectivity index (χ1v) is 12.8. The van der Waals surface area contributed by atoms with Gasteiger partial charge in [0.05, 0.1) is 23.4 Å². The summed E-state index contributed by atoms with van der Waals surface area (Å²) in [6, 6.07) is 1.64. The van der Waals surface area contributed by atoms with Gasteiger partial charge >= 0.3 is 0 Å². The van der Waals surface area contributed by atoms with Gasteiger partial charge in [-0.05, 0) is 38.8 Å². The van der Waals surface area contributed by atoms with Gasteiger partial charge in [-0.15, -0.1) is 0 Å². The van der Waals surface area contributed by atoms with Crippen LogP contribution in [0.1, 0.15) is 31.7 Å². The third-order valence-electron chi connectivity index (χ3n) is 6.97. The Labute approximate surface area is 188 Å². The first kappa shape index (κ1) is 22.0. The lowest BCUT2D eigenvalue weighted by atomic mass is 10.0. The molecule has 0 radical (unpaired) electrons. The van der Waals surface area contributed by atoms with Gasteiger partial charge in [-0.25, -0.2) is 17.8 Å². The Kier molecular flexibility index (Phi) is 5.85. The van der Waals surface area contributed by atoms with E-state index in [1.807, 2.05) is 12.3 Å². The van der Waals surface area contributed by atoms with E-state index in [1.54, 1.807) is 13.3 Å². The molecule has 0 spiro atoms. The molecule has 5 rings (SSSR count). The van der Waals surface area contributed by atoms with Crippen molar-refractivity contribution in [2.24, 2.45) is 0 Å². The predicted octanol–water partition coefficient (Wildman–Crippen LogP) is 1.64. The van der Waals surface area contributed by atoms with E-state index < -0.39 is 22.2 Å². The minimum atomic E-state index is -3.35. The molecule has 0 unspecified atom stereocenters. The summed E-state index contributed by atoms with van der Waals surface area (Å²) in [6.45, 7) is 2.04. The number of aromatic nitrogens is 3. The summed E-state index contributed by atoms with van der Waals surface area (Å²) in [4.78, 5) is 11.3. The number of likely N-dealkylation sites (tertiary alicyclic amines) is 1. The molecule has 4 atom stereocenters. The zero-order chi connectivity index (χ0) is 22.5. The number of halogens is 1. The van der Waals surface area contributed by atoms with Crippen molar-refractivity contribution in [3.8, 4) is 0 Å². The molecule has 1 saturated carbocycles. The van der Waals surface area contributed by atoms with Crippen LogP contribution in [-0.4, -0.2) is 96.1 Å². The summed E-state index contributed by atoms with van der Waals surface area (Å²) in [5.41, 5.74) is 0.795. The number of alkyl halides is 1. The molecule has 3 fully saturated rings. The standard InChI is InChI=1S/C21H31FN6O3S/c1-26-8-7-18(19(13-26)31-2)28-10-5-14-11-23-21(25-20(14)28)24-17-6-9-27(12-16(17)22)32(29,30)15-3-4-15/h5,10-11,15-19H,3-4,6-9,12-13H2,1-2H3,(H,23,24,25)/t16-,17-,18+,19+/m1/s1. The van der Waals surface area contributed by atoms with E-state index in [4.69, 9.17) is 9.72 Å². The zero-order valence-electron chi connectivity index (χ0n) is 18.5. The van der Waals surface area contributed by atoms with Gasteiger partial charge in [-0.3, -0.25) is 0 Å². The molecule has 2 saturated heterocycles. The highest BCUT2D eigenvalue weighted by molar-refractivity contribution is 7.90. The number of anilines is 1. The number of nitrogens with one attached hydrogen (secondary N) is 1. The molecule has 9 nitrogen and oxygen atoms in total. The Hall–Kier alpha value is -1.82. The maximum Gasteiger partial charge on any atom is 0.224 e. The minimum Gasteiger partial charge on any atom is -0.378 e. The Balaban J connectivity index is 1.32. The Morgan fingerprint density at radius 3 is 2.72 bits per heavy atom. The molecule has 4 heterocycles. The van der Waals surface area contributed by atoms with Crippen molar-refractivity contribution in [2.75, 3.05) is 45.7 Å². The molecule has 11 heteroatoms. The summed E-state index contributed by atoms with van der Waals surface area (Å²) in [6.07, 6.45) is 5.22. The summed E-state index contributed by atoms with van der Waals surface area (Å²) in [5.74, 6) is 0.366. The van der Waals surface area contributed by atoms with Gasteiger partial charge in [-0.2, -0.15) is 9.29 Å². The third kappa shape index (κ3) is 4.11. The molecule has 32 heavy (non-hydrogen) atoms. The van der Waals surface area contributed by atoms with Crippen molar-refractivity contribution in [1.29, 1.82) is 0 Å². The molecule has 1 N–H and O–H groups in total. The molecular formula is C21H31FN6O3S. The van der Waals surface area contributed by atoms with Gasteiger partial charge in [0.25, 0.3) is 0 Å².